The van der Waals surface area contributed by atoms with Gasteiger partial charge in [0.1, 0.15) is 5.82 Å². The number of pyridine rings is 1. The van der Waals surface area contributed by atoms with Gasteiger partial charge in [0, 0.05) is 44.5 Å². The van der Waals surface area contributed by atoms with Gasteiger partial charge in [0.05, 0.1) is 29.3 Å². The van der Waals surface area contributed by atoms with Crippen LogP contribution in [0.25, 0.3) is 5.69 Å². The van der Waals surface area contributed by atoms with Crippen LogP contribution in [0.4, 0.5) is 24.7 Å². The standard InChI is InChI=1S/C21H23F3N6/c1-28-8-10-29(11-9-28)19-6-7-20(26-14-19)25-12-16-13-27-30(15-16)18-4-2-17(3-5-18)21(22,23)24/h2-7,13-15H,8-12H2,1H3,(H,25,26). The number of rotatable bonds is 5. The highest BCUT2D eigenvalue weighted by Crippen LogP contribution is 2.29. The molecule has 3 heterocycles. The maximum atomic E-state index is 12.7. The van der Waals surface area contributed by atoms with E-state index < -0.39 is 11.7 Å². The van der Waals surface area contributed by atoms with Gasteiger partial charge in [-0.3, -0.25) is 0 Å². The van der Waals surface area contributed by atoms with Crippen molar-refractivity contribution in [3.63, 3.8) is 0 Å². The topological polar surface area (TPSA) is 49.2 Å². The number of aromatic nitrogens is 3. The minimum atomic E-state index is -4.34. The van der Waals surface area contributed by atoms with E-state index in [9.17, 15) is 13.2 Å². The summed E-state index contributed by atoms with van der Waals surface area (Å²) >= 11 is 0. The summed E-state index contributed by atoms with van der Waals surface area (Å²) in [4.78, 5) is 9.12. The number of alkyl halides is 3. The van der Waals surface area contributed by atoms with E-state index in [1.54, 1.807) is 17.1 Å². The average Bonchev–Trinajstić information content (AvgIpc) is 3.22. The number of benzene rings is 1. The lowest BCUT2D eigenvalue weighted by molar-refractivity contribution is -0.137. The molecule has 9 heteroatoms. The largest absolute Gasteiger partial charge is 0.416 e. The fourth-order valence-corrected chi connectivity index (χ4v) is 3.33. The van der Waals surface area contributed by atoms with Crippen LogP contribution in [-0.4, -0.2) is 52.9 Å². The second-order valence-electron chi connectivity index (χ2n) is 7.38. The van der Waals surface area contributed by atoms with Crippen molar-refractivity contribution in [2.24, 2.45) is 0 Å². The Morgan fingerprint density at radius 1 is 0.933 bits per heavy atom. The van der Waals surface area contributed by atoms with Crippen LogP contribution in [0, 0.1) is 0 Å². The lowest BCUT2D eigenvalue weighted by atomic mass is 10.2. The molecule has 0 radical (unpaired) electrons. The first-order valence-electron chi connectivity index (χ1n) is 9.73. The van der Waals surface area contributed by atoms with E-state index in [-0.39, 0.29) is 0 Å². The van der Waals surface area contributed by atoms with Gasteiger partial charge in [-0.2, -0.15) is 18.3 Å². The molecule has 0 aliphatic carbocycles. The molecule has 0 unspecified atom stereocenters. The first-order valence-corrected chi connectivity index (χ1v) is 9.73. The molecule has 1 fully saturated rings. The Morgan fingerprint density at radius 2 is 1.63 bits per heavy atom. The van der Waals surface area contributed by atoms with Gasteiger partial charge in [0.2, 0.25) is 0 Å². The van der Waals surface area contributed by atoms with Crippen molar-refractivity contribution in [3.8, 4) is 5.69 Å². The summed E-state index contributed by atoms with van der Waals surface area (Å²) in [5.41, 5.74) is 1.92. The molecule has 1 saturated heterocycles. The van der Waals surface area contributed by atoms with Crippen molar-refractivity contribution in [1.29, 1.82) is 0 Å². The summed E-state index contributed by atoms with van der Waals surface area (Å²) in [6.45, 7) is 4.59. The van der Waals surface area contributed by atoms with Gasteiger partial charge in [-0.25, -0.2) is 9.67 Å². The molecule has 1 aliphatic heterocycles. The first-order chi connectivity index (χ1) is 14.4. The molecule has 158 valence electrons. The van der Waals surface area contributed by atoms with Crippen molar-refractivity contribution >= 4 is 11.5 Å². The summed E-state index contributed by atoms with van der Waals surface area (Å²) in [5, 5.41) is 7.49. The van der Waals surface area contributed by atoms with E-state index in [1.807, 2.05) is 12.3 Å². The molecule has 0 amide bonds. The highest BCUT2D eigenvalue weighted by atomic mass is 19.4. The fraction of sp³-hybridized carbons (Fsp3) is 0.333. The molecule has 0 atom stereocenters. The first kappa shape index (κ1) is 20.2. The fourth-order valence-electron chi connectivity index (χ4n) is 3.33. The van der Waals surface area contributed by atoms with Gasteiger partial charge in [-0.1, -0.05) is 0 Å². The zero-order valence-electron chi connectivity index (χ0n) is 16.6. The lowest BCUT2D eigenvalue weighted by Crippen LogP contribution is -2.44. The predicted molar refractivity (Wildman–Crippen MR) is 110 cm³/mol. The molecule has 6 nitrogen and oxygen atoms in total. The molecule has 4 rings (SSSR count). The van der Waals surface area contributed by atoms with E-state index in [4.69, 9.17) is 0 Å². The highest BCUT2D eigenvalue weighted by molar-refractivity contribution is 5.50. The van der Waals surface area contributed by atoms with Crippen LogP contribution in [0.1, 0.15) is 11.1 Å². The molecule has 1 aromatic carbocycles. The third-order valence-corrected chi connectivity index (χ3v) is 5.19. The highest BCUT2D eigenvalue weighted by Gasteiger charge is 2.30. The summed E-state index contributed by atoms with van der Waals surface area (Å²) < 4.78 is 39.6. The SMILES string of the molecule is CN1CCN(c2ccc(NCc3cnn(-c4ccc(C(F)(F)F)cc4)c3)nc2)CC1. The Labute approximate surface area is 172 Å². The monoisotopic (exact) mass is 416 g/mol. The van der Waals surface area contributed by atoms with Crippen molar-refractivity contribution in [2.75, 3.05) is 43.4 Å². The van der Waals surface area contributed by atoms with E-state index in [1.165, 1.54) is 12.1 Å². The molecule has 2 aromatic heterocycles. The van der Waals surface area contributed by atoms with Gasteiger partial charge in [0.25, 0.3) is 0 Å². The Bertz CT molecular complexity index is 958. The van der Waals surface area contributed by atoms with E-state index >= 15 is 0 Å². The summed E-state index contributed by atoms with van der Waals surface area (Å²) in [6, 6.07) is 8.94. The Hall–Kier alpha value is -3.07. The molecule has 3 aromatic rings. The summed E-state index contributed by atoms with van der Waals surface area (Å²) in [6.07, 6.45) is 1.00. The smallest absolute Gasteiger partial charge is 0.368 e. The second kappa shape index (κ2) is 8.35. The predicted octanol–water partition coefficient (Wildman–Crippen LogP) is 3.65. The zero-order valence-corrected chi connectivity index (χ0v) is 16.6. The Kier molecular flexibility index (Phi) is 5.63. The molecule has 0 saturated carbocycles. The minimum absolute atomic E-state index is 0.515. The molecule has 0 spiro atoms. The number of nitrogens with zero attached hydrogens (tertiary/aromatic N) is 5. The van der Waals surface area contributed by atoms with Crippen molar-refractivity contribution in [1.82, 2.24) is 19.7 Å². The van der Waals surface area contributed by atoms with Crippen LogP contribution in [0.3, 0.4) is 0 Å². The number of hydrogen-bond donors (Lipinski definition) is 1. The third kappa shape index (κ3) is 4.73. The van der Waals surface area contributed by atoms with Crippen LogP contribution >= 0.6 is 0 Å². The molecule has 1 N–H and O–H groups in total. The molecule has 30 heavy (non-hydrogen) atoms. The Balaban J connectivity index is 1.34. The quantitative estimate of drug-likeness (QED) is 0.688. The maximum absolute atomic E-state index is 12.7. The lowest BCUT2D eigenvalue weighted by Gasteiger charge is -2.33. The number of piperazine rings is 1. The molecular formula is C21H23F3N6. The zero-order chi connectivity index (χ0) is 21.1. The summed E-state index contributed by atoms with van der Waals surface area (Å²) in [7, 11) is 2.13. The van der Waals surface area contributed by atoms with Gasteiger partial charge in [-0.05, 0) is 43.4 Å². The molecular weight excluding hydrogens is 393 g/mol. The van der Waals surface area contributed by atoms with Gasteiger partial charge >= 0.3 is 6.18 Å². The average molecular weight is 416 g/mol. The van der Waals surface area contributed by atoms with Crippen molar-refractivity contribution in [2.45, 2.75) is 12.7 Å². The van der Waals surface area contributed by atoms with Crippen LogP contribution in [0.15, 0.2) is 55.0 Å². The van der Waals surface area contributed by atoms with Gasteiger partial charge < -0.3 is 15.1 Å². The van der Waals surface area contributed by atoms with Gasteiger partial charge in [-0.15, -0.1) is 0 Å². The van der Waals surface area contributed by atoms with Gasteiger partial charge in [0.15, 0.2) is 0 Å². The number of likely N-dealkylation sites (N-methyl/N-ethyl adjacent to an activating group) is 1. The van der Waals surface area contributed by atoms with Crippen LogP contribution in [0.2, 0.25) is 0 Å². The number of anilines is 2. The number of nitrogens with one attached hydrogen (secondary N) is 1. The normalized spacial score (nSPS) is 15.4. The van der Waals surface area contributed by atoms with Crippen molar-refractivity contribution in [3.05, 3.63) is 66.1 Å². The van der Waals surface area contributed by atoms with Crippen LogP contribution in [0.5, 0.6) is 0 Å². The van der Waals surface area contributed by atoms with E-state index in [0.717, 1.165) is 55.4 Å². The molecule has 1 aliphatic rings. The number of halogens is 3. The maximum Gasteiger partial charge on any atom is 0.416 e. The van der Waals surface area contributed by atoms with E-state index in [2.05, 4.69) is 38.3 Å². The third-order valence-electron chi connectivity index (χ3n) is 5.19. The Morgan fingerprint density at radius 3 is 2.27 bits per heavy atom. The van der Waals surface area contributed by atoms with Crippen LogP contribution in [-0.2, 0) is 12.7 Å². The van der Waals surface area contributed by atoms with Crippen LogP contribution < -0.4 is 10.2 Å². The van der Waals surface area contributed by atoms with E-state index in [0.29, 0.717) is 12.2 Å². The number of hydrogen-bond acceptors (Lipinski definition) is 5. The second-order valence-corrected chi connectivity index (χ2v) is 7.38. The summed E-state index contributed by atoms with van der Waals surface area (Å²) in [5.74, 6) is 0.759. The molecule has 0 bridgehead atoms. The van der Waals surface area contributed by atoms with Crippen molar-refractivity contribution < 1.29 is 13.2 Å². The minimum Gasteiger partial charge on any atom is -0.368 e.